The molecule has 0 aliphatic carbocycles. The fourth-order valence-corrected chi connectivity index (χ4v) is 1.11. The van der Waals surface area contributed by atoms with Crippen molar-refractivity contribution >= 4 is 0 Å². The first-order valence-electron chi connectivity index (χ1n) is 3.83. The normalized spacial score (nSPS) is 9.77. The third-order valence-corrected chi connectivity index (χ3v) is 1.72. The van der Waals surface area contributed by atoms with E-state index in [9.17, 15) is 0 Å². The van der Waals surface area contributed by atoms with Gasteiger partial charge >= 0.3 is 0 Å². The smallest absolute Gasteiger partial charge is 0.124 e. The van der Waals surface area contributed by atoms with Crippen LogP contribution >= 0.6 is 0 Å². The molecular formula is C9H7N3O. The molecule has 0 unspecified atom stereocenters. The maximum atomic E-state index is 8.58. The lowest BCUT2D eigenvalue weighted by atomic mass is 10.4. The zero-order chi connectivity index (χ0) is 9.10. The van der Waals surface area contributed by atoms with E-state index in [0.717, 1.165) is 5.69 Å². The molecule has 0 saturated carbocycles. The zero-order valence-electron chi connectivity index (χ0n) is 6.84. The summed E-state index contributed by atoms with van der Waals surface area (Å²) in [5.74, 6) is 0. The van der Waals surface area contributed by atoms with Crippen LogP contribution < -0.4 is 0 Å². The van der Waals surface area contributed by atoms with Crippen molar-refractivity contribution < 1.29 is 4.52 Å². The maximum Gasteiger partial charge on any atom is 0.124 e. The third-order valence-electron chi connectivity index (χ3n) is 1.72. The SMILES string of the molecule is N#Cc1ccn(Cc2ccon2)c1. The van der Waals surface area contributed by atoms with E-state index >= 15 is 0 Å². The van der Waals surface area contributed by atoms with Gasteiger partial charge < -0.3 is 9.09 Å². The highest BCUT2D eigenvalue weighted by atomic mass is 16.5. The molecule has 13 heavy (non-hydrogen) atoms. The zero-order valence-corrected chi connectivity index (χ0v) is 6.84. The van der Waals surface area contributed by atoms with Crippen LogP contribution in [-0.2, 0) is 6.54 Å². The van der Waals surface area contributed by atoms with Crippen LogP contribution in [0.25, 0.3) is 0 Å². The summed E-state index contributed by atoms with van der Waals surface area (Å²) in [4.78, 5) is 0. The van der Waals surface area contributed by atoms with Crippen molar-refractivity contribution in [3.05, 3.63) is 42.0 Å². The van der Waals surface area contributed by atoms with Crippen LogP contribution in [0.2, 0.25) is 0 Å². The van der Waals surface area contributed by atoms with E-state index in [1.807, 2.05) is 10.8 Å². The van der Waals surface area contributed by atoms with Gasteiger partial charge in [-0.3, -0.25) is 0 Å². The summed E-state index contributed by atoms with van der Waals surface area (Å²) in [5, 5.41) is 12.3. The second-order valence-electron chi connectivity index (χ2n) is 2.68. The van der Waals surface area contributed by atoms with E-state index in [1.165, 1.54) is 6.26 Å². The number of aromatic nitrogens is 2. The molecule has 2 aromatic rings. The second kappa shape index (κ2) is 3.15. The van der Waals surface area contributed by atoms with Gasteiger partial charge in [-0.2, -0.15) is 5.26 Å². The lowest BCUT2D eigenvalue weighted by molar-refractivity contribution is 0.409. The molecule has 2 aromatic heterocycles. The second-order valence-corrected chi connectivity index (χ2v) is 2.68. The minimum atomic E-state index is 0.637. The monoisotopic (exact) mass is 173 g/mol. The van der Waals surface area contributed by atoms with Crippen LogP contribution in [0.5, 0.6) is 0 Å². The molecule has 0 saturated heterocycles. The highest BCUT2D eigenvalue weighted by Crippen LogP contribution is 2.03. The van der Waals surface area contributed by atoms with E-state index in [-0.39, 0.29) is 0 Å². The van der Waals surface area contributed by atoms with E-state index in [0.29, 0.717) is 12.1 Å². The Morgan fingerprint density at radius 2 is 2.46 bits per heavy atom. The van der Waals surface area contributed by atoms with Crippen LogP contribution in [0.3, 0.4) is 0 Å². The van der Waals surface area contributed by atoms with Crippen molar-refractivity contribution in [3.63, 3.8) is 0 Å². The highest BCUT2D eigenvalue weighted by Gasteiger charge is 1.98. The highest BCUT2D eigenvalue weighted by molar-refractivity contribution is 5.25. The summed E-state index contributed by atoms with van der Waals surface area (Å²) in [7, 11) is 0. The molecule has 2 heterocycles. The first-order valence-corrected chi connectivity index (χ1v) is 3.83. The fraction of sp³-hybridized carbons (Fsp3) is 0.111. The Morgan fingerprint density at radius 3 is 3.08 bits per heavy atom. The average molecular weight is 173 g/mol. The van der Waals surface area contributed by atoms with Gasteiger partial charge in [0.05, 0.1) is 12.1 Å². The van der Waals surface area contributed by atoms with Crippen molar-refractivity contribution in [1.82, 2.24) is 9.72 Å². The lowest BCUT2D eigenvalue weighted by Crippen LogP contribution is -1.95. The Kier molecular flexibility index (Phi) is 1.85. The molecule has 2 rings (SSSR count). The van der Waals surface area contributed by atoms with E-state index in [2.05, 4.69) is 11.2 Å². The number of nitrogens with zero attached hydrogens (tertiary/aromatic N) is 3. The molecule has 0 N–H and O–H groups in total. The minimum absolute atomic E-state index is 0.637. The quantitative estimate of drug-likeness (QED) is 0.689. The van der Waals surface area contributed by atoms with Crippen molar-refractivity contribution in [3.8, 4) is 6.07 Å². The summed E-state index contributed by atoms with van der Waals surface area (Å²) in [6.07, 6.45) is 5.14. The van der Waals surface area contributed by atoms with Crippen molar-refractivity contribution in [2.45, 2.75) is 6.54 Å². The Hall–Kier alpha value is -2.02. The number of hydrogen-bond acceptors (Lipinski definition) is 3. The van der Waals surface area contributed by atoms with Gasteiger partial charge in [-0.1, -0.05) is 5.16 Å². The molecule has 0 aliphatic rings. The van der Waals surface area contributed by atoms with E-state index in [4.69, 9.17) is 9.78 Å². The summed E-state index contributed by atoms with van der Waals surface area (Å²) < 4.78 is 6.58. The van der Waals surface area contributed by atoms with Crippen molar-refractivity contribution in [2.24, 2.45) is 0 Å². The molecule has 0 bridgehead atoms. The number of nitriles is 1. The molecular weight excluding hydrogens is 166 g/mol. The lowest BCUT2D eigenvalue weighted by Gasteiger charge is -1.95. The van der Waals surface area contributed by atoms with E-state index in [1.54, 1.807) is 18.3 Å². The Bertz CT molecular complexity index is 422. The summed E-state index contributed by atoms with van der Waals surface area (Å²) in [6.45, 7) is 0.637. The van der Waals surface area contributed by atoms with Gasteiger partial charge in [0.25, 0.3) is 0 Å². The molecule has 4 heteroatoms. The van der Waals surface area contributed by atoms with Crippen LogP contribution in [0.1, 0.15) is 11.3 Å². The topological polar surface area (TPSA) is 54.8 Å². The van der Waals surface area contributed by atoms with Crippen molar-refractivity contribution in [1.29, 1.82) is 5.26 Å². The predicted molar refractivity (Wildman–Crippen MR) is 44.8 cm³/mol. The Balaban J connectivity index is 2.15. The molecule has 0 atom stereocenters. The molecule has 0 aromatic carbocycles. The van der Waals surface area contributed by atoms with Crippen LogP contribution in [0.15, 0.2) is 35.3 Å². The predicted octanol–water partition coefficient (Wildman–Crippen LogP) is 1.40. The van der Waals surface area contributed by atoms with Gasteiger partial charge in [0.1, 0.15) is 18.0 Å². The molecule has 0 spiro atoms. The number of rotatable bonds is 2. The van der Waals surface area contributed by atoms with Crippen molar-refractivity contribution in [2.75, 3.05) is 0 Å². The van der Waals surface area contributed by atoms with Gasteiger partial charge in [-0.25, -0.2) is 0 Å². The average Bonchev–Trinajstić information content (AvgIpc) is 2.76. The minimum Gasteiger partial charge on any atom is -0.364 e. The molecule has 4 nitrogen and oxygen atoms in total. The Morgan fingerprint density at radius 1 is 1.54 bits per heavy atom. The first-order chi connectivity index (χ1) is 6.38. The van der Waals surface area contributed by atoms with Crippen LogP contribution in [0, 0.1) is 11.3 Å². The number of hydrogen-bond donors (Lipinski definition) is 0. The maximum absolute atomic E-state index is 8.58. The first kappa shape index (κ1) is 7.62. The van der Waals surface area contributed by atoms with Gasteiger partial charge in [0, 0.05) is 18.5 Å². The Labute approximate surface area is 75.0 Å². The third kappa shape index (κ3) is 1.59. The standard InChI is InChI=1S/C9H7N3O/c10-5-8-1-3-12(6-8)7-9-2-4-13-11-9/h1-4,6H,7H2. The molecule has 0 fully saturated rings. The van der Waals surface area contributed by atoms with Gasteiger partial charge in [0.15, 0.2) is 0 Å². The molecule has 0 amide bonds. The van der Waals surface area contributed by atoms with Gasteiger partial charge in [-0.15, -0.1) is 0 Å². The van der Waals surface area contributed by atoms with Crippen LogP contribution in [-0.4, -0.2) is 9.72 Å². The fourth-order valence-electron chi connectivity index (χ4n) is 1.11. The molecule has 0 aliphatic heterocycles. The van der Waals surface area contributed by atoms with E-state index < -0.39 is 0 Å². The summed E-state index contributed by atoms with van der Waals surface area (Å²) in [5.41, 5.74) is 1.50. The summed E-state index contributed by atoms with van der Waals surface area (Å²) >= 11 is 0. The molecule has 64 valence electrons. The van der Waals surface area contributed by atoms with Gasteiger partial charge in [0.2, 0.25) is 0 Å². The van der Waals surface area contributed by atoms with Crippen LogP contribution in [0.4, 0.5) is 0 Å². The molecule has 0 radical (unpaired) electrons. The summed E-state index contributed by atoms with van der Waals surface area (Å²) in [6, 6.07) is 5.62. The largest absolute Gasteiger partial charge is 0.364 e. The van der Waals surface area contributed by atoms with Gasteiger partial charge in [-0.05, 0) is 6.07 Å².